The smallest absolute Gasteiger partial charge is 0.240 e. The van der Waals surface area contributed by atoms with Crippen molar-refractivity contribution >= 4 is 27.5 Å². The molecule has 1 aliphatic rings. The second-order valence-electron chi connectivity index (χ2n) is 7.61. The van der Waals surface area contributed by atoms with E-state index in [1.165, 1.54) is 12.1 Å². The fourth-order valence-corrected chi connectivity index (χ4v) is 4.62. The van der Waals surface area contributed by atoms with E-state index in [1.54, 1.807) is 6.07 Å². The number of rotatable bonds is 9. The fraction of sp³-hybridized carbons (Fsp3) is 0.409. The lowest BCUT2D eigenvalue weighted by Crippen LogP contribution is -2.36. The van der Waals surface area contributed by atoms with E-state index >= 15 is 0 Å². The van der Waals surface area contributed by atoms with Gasteiger partial charge in [0.25, 0.3) is 0 Å². The zero-order valence-electron chi connectivity index (χ0n) is 18.1. The zero-order chi connectivity index (χ0) is 23.1. The Balaban J connectivity index is 1.52. The molecular weight excluding hydrogens is 454 g/mol. The largest absolute Gasteiger partial charge is 0.490 e. The molecule has 0 saturated heterocycles. The molecule has 0 fully saturated rings. The van der Waals surface area contributed by atoms with Gasteiger partial charge in [-0.2, -0.15) is 0 Å². The molecule has 10 heteroatoms. The number of amides is 1. The van der Waals surface area contributed by atoms with E-state index in [-0.39, 0.29) is 29.8 Å². The fourth-order valence-electron chi connectivity index (χ4n) is 3.31. The number of sulfonamides is 1. The molecule has 0 saturated carbocycles. The Morgan fingerprint density at radius 2 is 1.84 bits per heavy atom. The monoisotopic (exact) mass is 481 g/mol. The molecule has 0 spiro atoms. The molecule has 1 amide bonds. The summed E-state index contributed by atoms with van der Waals surface area (Å²) in [5.74, 6) is 0.664. The van der Waals surface area contributed by atoms with Gasteiger partial charge in [0.15, 0.2) is 11.5 Å². The van der Waals surface area contributed by atoms with Crippen molar-refractivity contribution in [2.75, 3.05) is 40.4 Å². The Labute approximate surface area is 193 Å². The van der Waals surface area contributed by atoms with Gasteiger partial charge in [0.1, 0.15) is 0 Å². The number of fused-ring (bicyclic) bond motifs is 1. The van der Waals surface area contributed by atoms with Crippen LogP contribution in [-0.2, 0) is 14.8 Å². The van der Waals surface area contributed by atoms with Crippen LogP contribution in [0, 0.1) is 0 Å². The summed E-state index contributed by atoms with van der Waals surface area (Å²) in [7, 11) is 0.0268. The maximum atomic E-state index is 12.6. The summed E-state index contributed by atoms with van der Waals surface area (Å²) in [5, 5.41) is 3.48. The first-order valence-electron chi connectivity index (χ1n) is 10.3. The number of carbonyl (C=O) groups is 1. The molecular formula is C22H28ClN3O5S. The molecule has 1 unspecified atom stereocenters. The molecule has 1 heterocycles. The Morgan fingerprint density at radius 1 is 1.12 bits per heavy atom. The second-order valence-corrected chi connectivity index (χ2v) is 9.79. The Morgan fingerprint density at radius 3 is 2.56 bits per heavy atom. The third-order valence-corrected chi connectivity index (χ3v) is 6.86. The van der Waals surface area contributed by atoms with Crippen molar-refractivity contribution in [2.24, 2.45) is 0 Å². The minimum atomic E-state index is -3.79. The summed E-state index contributed by atoms with van der Waals surface area (Å²) >= 11 is 6.29. The van der Waals surface area contributed by atoms with E-state index in [1.807, 2.05) is 43.3 Å². The molecule has 0 radical (unpaired) electrons. The van der Waals surface area contributed by atoms with E-state index in [0.29, 0.717) is 36.3 Å². The number of hydrogen-bond donors (Lipinski definition) is 2. The predicted molar refractivity (Wildman–Crippen MR) is 123 cm³/mol. The van der Waals surface area contributed by atoms with Crippen LogP contribution in [0.2, 0.25) is 5.02 Å². The van der Waals surface area contributed by atoms with Gasteiger partial charge in [-0.25, -0.2) is 13.1 Å². The summed E-state index contributed by atoms with van der Waals surface area (Å²) in [6.07, 6.45) is 0.738. The van der Waals surface area contributed by atoms with Crippen molar-refractivity contribution in [1.82, 2.24) is 14.9 Å². The molecule has 2 N–H and O–H groups in total. The zero-order valence-corrected chi connectivity index (χ0v) is 19.7. The first-order chi connectivity index (χ1) is 15.3. The number of nitrogens with one attached hydrogen (secondary N) is 2. The molecule has 0 aliphatic carbocycles. The van der Waals surface area contributed by atoms with Gasteiger partial charge in [0.2, 0.25) is 15.9 Å². The number of hydrogen-bond acceptors (Lipinski definition) is 6. The molecule has 0 bridgehead atoms. The molecule has 3 rings (SSSR count). The first-order valence-corrected chi connectivity index (χ1v) is 12.2. The normalized spacial score (nSPS) is 14.6. The average molecular weight is 482 g/mol. The highest BCUT2D eigenvalue weighted by Gasteiger charge is 2.20. The summed E-state index contributed by atoms with van der Waals surface area (Å²) in [5.41, 5.74) is 0.912. The van der Waals surface area contributed by atoms with Gasteiger partial charge in [-0.1, -0.05) is 29.8 Å². The molecule has 0 aromatic heterocycles. The van der Waals surface area contributed by atoms with Gasteiger partial charge in [-0.15, -0.1) is 0 Å². The minimum Gasteiger partial charge on any atom is -0.490 e. The van der Waals surface area contributed by atoms with Crippen molar-refractivity contribution in [3.8, 4) is 11.5 Å². The van der Waals surface area contributed by atoms with E-state index in [2.05, 4.69) is 10.0 Å². The summed E-state index contributed by atoms with van der Waals surface area (Å²) in [6.45, 7) is 1.32. The van der Waals surface area contributed by atoms with Crippen LogP contribution in [0.25, 0.3) is 0 Å². The highest BCUT2D eigenvalue weighted by molar-refractivity contribution is 7.89. The number of halogens is 1. The third kappa shape index (κ3) is 6.35. The van der Waals surface area contributed by atoms with E-state index in [0.717, 1.165) is 12.0 Å². The summed E-state index contributed by atoms with van der Waals surface area (Å²) in [4.78, 5) is 14.3. The molecule has 1 atom stereocenters. The maximum absolute atomic E-state index is 12.6. The number of ether oxygens (including phenoxy) is 2. The average Bonchev–Trinajstić information content (AvgIpc) is 2.99. The molecule has 1 aliphatic heterocycles. The van der Waals surface area contributed by atoms with Crippen LogP contribution in [-0.4, -0.2) is 59.6 Å². The highest BCUT2D eigenvalue weighted by Crippen LogP contribution is 2.31. The van der Waals surface area contributed by atoms with E-state index < -0.39 is 10.0 Å². The lowest BCUT2D eigenvalue weighted by Gasteiger charge is -2.26. The van der Waals surface area contributed by atoms with E-state index in [4.69, 9.17) is 21.1 Å². The van der Waals surface area contributed by atoms with Crippen LogP contribution in [0.5, 0.6) is 11.5 Å². The summed E-state index contributed by atoms with van der Waals surface area (Å²) < 4.78 is 38.7. The van der Waals surface area contributed by atoms with Crippen molar-refractivity contribution in [3.63, 3.8) is 0 Å². The van der Waals surface area contributed by atoms with E-state index in [9.17, 15) is 13.2 Å². The molecule has 8 nitrogen and oxygen atoms in total. The maximum Gasteiger partial charge on any atom is 0.240 e. The Bertz CT molecular complexity index is 1050. The van der Waals surface area contributed by atoms with Gasteiger partial charge in [0.05, 0.1) is 24.2 Å². The van der Waals surface area contributed by atoms with Crippen molar-refractivity contribution in [2.45, 2.75) is 23.8 Å². The van der Waals surface area contributed by atoms with Crippen molar-refractivity contribution in [3.05, 3.63) is 53.1 Å². The standard InChI is InChI=1S/C22H28ClN3O5S/c1-26(2)19(17-6-3-4-7-18(17)23)15-24-22(27)10-11-25-32(28,29)16-8-9-20-21(14-16)31-13-5-12-30-20/h3-4,6-9,14,19,25H,5,10-13,15H2,1-2H3,(H,24,27). The minimum absolute atomic E-state index is 0.00640. The topological polar surface area (TPSA) is 97.0 Å². The van der Waals surface area contributed by atoms with Gasteiger partial charge >= 0.3 is 0 Å². The Kier molecular flexibility index (Phi) is 8.36. The van der Waals surface area contributed by atoms with Gasteiger partial charge in [-0.3, -0.25) is 4.79 Å². The highest BCUT2D eigenvalue weighted by atomic mass is 35.5. The molecule has 174 valence electrons. The number of benzene rings is 2. The third-order valence-electron chi connectivity index (χ3n) is 5.05. The van der Waals surface area contributed by atoms with Crippen LogP contribution < -0.4 is 19.5 Å². The molecule has 2 aromatic carbocycles. The van der Waals surface area contributed by atoms with Crippen LogP contribution in [0.4, 0.5) is 0 Å². The number of carbonyl (C=O) groups excluding carboxylic acids is 1. The lowest BCUT2D eigenvalue weighted by atomic mass is 10.1. The van der Waals surface area contributed by atoms with Crippen molar-refractivity contribution in [1.29, 1.82) is 0 Å². The van der Waals surface area contributed by atoms with Gasteiger partial charge < -0.3 is 19.7 Å². The summed E-state index contributed by atoms with van der Waals surface area (Å²) in [6, 6.07) is 11.9. The Hall–Kier alpha value is -2.33. The van der Waals surface area contributed by atoms with Crippen LogP contribution in [0.1, 0.15) is 24.4 Å². The number of likely N-dealkylation sites (N-methyl/N-ethyl adjacent to an activating group) is 1. The van der Waals surface area contributed by atoms with Crippen LogP contribution in [0.15, 0.2) is 47.4 Å². The quantitative estimate of drug-likeness (QED) is 0.571. The molecule has 2 aromatic rings. The van der Waals surface area contributed by atoms with Crippen LogP contribution >= 0.6 is 11.6 Å². The lowest BCUT2D eigenvalue weighted by molar-refractivity contribution is -0.121. The van der Waals surface area contributed by atoms with Gasteiger partial charge in [-0.05, 0) is 37.9 Å². The predicted octanol–water partition coefficient (Wildman–Crippen LogP) is 2.59. The SMILES string of the molecule is CN(C)C(CNC(=O)CCNS(=O)(=O)c1ccc2c(c1)OCCCO2)c1ccccc1Cl. The first kappa shape index (κ1) is 24.3. The molecule has 32 heavy (non-hydrogen) atoms. The van der Waals surface area contributed by atoms with Gasteiger partial charge in [0, 0.05) is 37.0 Å². The number of nitrogens with zero attached hydrogens (tertiary/aromatic N) is 1. The van der Waals surface area contributed by atoms with Crippen LogP contribution in [0.3, 0.4) is 0 Å². The second kappa shape index (κ2) is 11.0. The van der Waals surface area contributed by atoms with Crippen molar-refractivity contribution < 1.29 is 22.7 Å².